The predicted octanol–water partition coefficient (Wildman–Crippen LogP) is 6.14. The van der Waals surface area contributed by atoms with Crippen LogP contribution in [0.5, 0.6) is 0 Å². The minimum Gasteiger partial charge on any atom is -0.207 e. The molecule has 0 bridgehead atoms. The van der Waals surface area contributed by atoms with E-state index in [0.29, 0.717) is 5.56 Å². The molecule has 0 radical (unpaired) electrons. The predicted molar refractivity (Wildman–Crippen MR) is 85.5 cm³/mol. The zero-order chi connectivity index (χ0) is 15.0. The van der Waals surface area contributed by atoms with Gasteiger partial charge in [0.1, 0.15) is 11.6 Å². The van der Waals surface area contributed by atoms with Crippen molar-refractivity contribution >= 4 is 31.9 Å². The molecule has 4 heteroatoms. The van der Waals surface area contributed by atoms with Gasteiger partial charge < -0.3 is 0 Å². The van der Waals surface area contributed by atoms with Gasteiger partial charge in [0.15, 0.2) is 0 Å². The van der Waals surface area contributed by atoms with Gasteiger partial charge in [0.25, 0.3) is 0 Å². The molecule has 0 aliphatic rings. The fraction of sp³-hybridized carbons (Fsp3) is 0.250. The number of halogens is 4. The molecule has 1 atom stereocenters. The van der Waals surface area contributed by atoms with Crippen LogP contribution in [0.1, 0.15) is 32.6 Å². The molecule has 2 rings (SSSR count). The minimum atomic E-state index is -0.532. The molecule has 20 heavy (non-hydrogen) atoms. The summed E-state index contributed by atoms with van der Waals surface area (Å²) < 4.78 is 29.2. The molecule has 0 aromatic heterocycles. The molecule has 0 saturated heterocycles. The lowest BCUT2D eigenvalue weighted by Gasteiger charge is -2.17. The maximum absolute atomic E-state index is 14.2. The monoisotopic (exact) mass is 402 g/mol. The summed E-state index contributed by atoms with van der Waals surface area (Å²) in [5, 5.41) is 0. The van der Waals surface area contributed by atoms with Crippen LogP contribution in [0.4, 0.5) is 8.78 Å². The van der Waals surface area contributed by atoms with Gasteiger partial charge in [0.2, 0.25) is 0 Å². The number of alkyl halides is 1. The molecule has 0 saturated carbocycles. The molecule has 0 amide bonds. The van der Waals surface area contributed by atoms with E-state index in [4.69, 9.17) is 0 Å². The Morgan fingerprint density at radius 3 is 2.25 bits per heavy atom. The highest BCUT2D eigenvalue weighted by atomic mass is 79.9. The van der Waals surface area contributed by atoms with E-state index in [1.54, 1.807) is 6.92 Å². The molecule has 0 N–H and O–H groups in total. The molecular formula is C16H14Br2F2. The maximum atomic E-state index is 14.2. The molecule has 0 aliphatic carbocycles. The standard InChI is InChI=1S/C16H14Br2F2/c1-8-4-5-13(19)14(16(8)20)15(18)11-6-10(3)12(17)7-9(11)2/h4-7,15H,1-3H3. The summed E-state index contributed by atoms with van der Waals surface area (Å²) in [4.78, 5) is -0.505. The second kappa shape index (κ2) is 5.94. The van der Waals surface area contributed by atoms with E-state index >= 15 is 0 Å². The molecule has 0 heterocycles. The molecule has 2 aromatic rings. The van der Waals surface area contributed by atoms with E-state index < -0.39 is 16.5 Å². The van der Waals surface area contributed by atoms with E-state index in [0.717, 1.165) is 21.2 Å². The second-order valence-electron chi connectivity index (χ2n) is 4.91. The Labute approximate surface area is 134 Å². The SMILES string of the molecule is Cc1cc(C(Br)c2c(F)ccc(C)c2F)c(C)cc1Br. The Balaban J connectivity index is 2.60. The summed E-state index contributed by atoms with van der Waals surface area (Å²) in [5.74, 6) is -1.03. The summed E-state index contributed by atoms with van der Waals surface area (Å²) in [6.45, 7) is 5.52. The number of hydrogen-bond acceptors (Lipinski definition) is 0. The van der Waals surface area contributed by atoms with E-state index in [-0.39, 0.29) is 5.56 Å². The van der Waals surface area contributed by atoms with Crippen molar-refractivity contribution in [3.63, 3.8) is 0 Å². The van der Waals surface area contributed by atoms with Crippen molar-refractivity contribution in [1.82, 2.24) is 0 Å². The summed E-state index contributed by atoms with van der Waals surface area (Å²) in [6.07, 6.45) is 0. The minimum absolute atomic E-state index is 0.0647. The van der Waals surface area contributed by atoms with Crippen LogP contribution in [-0.4, -0.2) is 0 Å². The van der Waals surface area contributed by atoms with Crippen LogP contribution in [0.2, 0.25) is 0 Å². The number of aryl methyl sites for hydroxylation is 3. The third-order valence-corrected chi connectivity index (χ3v) is 5.20. The molecule has 0 nitrogen and oxygen atoms in total. The average molecular weight is 404 g/mol. The Morgan fingerprint density at radius 2 is 1.60 bits per heavy atom. The van der Waals surface area contributed by atoms with Gasteiger partial charge in [-0.25, -0.2) is 8.78 Å². The lowest BCUT2D eigenvalue weighted by Crippen LogP contribution is -2.04. The first-order chi connectivity index (χ1) is 9.32. The van der Waals surface area contributed by atoms with Gasteiger partial charge in [-0.15, -0.1) is 0 Å². The van der Waals surface area contributed by atoms with Gasteiger partial charge in [-0.2, -0.15) is 0 Å². The lowest BCUT2D eigenvalue weighted by molar-refractivity contribution is 0.555. The van der Waals surface area contributed by atoms with Crippen molar-refractivity contribution in [3.8, 4) is 0 Å². The highest BCUT2D eigenvalue weighted by Gasteiger charge is 2.22. The van der Waals surface area contributed by atoms with Crippen molar-refractivity contribution in [2.24, 2.45) is 0 Å². The zero-order valence-electron chi connectivity index (χ0n) is 11.4. The van der Waals surface area contributed by atoms with E-state index in [1.165, 1.54) is 12.1 Å². The van der Waals surface area contributed by atoms with Gasteiger partial charge in [-0.05, 0) is 55.2 Å². The first kappa shape index (κ1) is 15.6. The average Bonchev–Trinajstić information content (AvgIpc) is 2.38. The summed E-state index contributed by atoms with van der Waals surface area (Å²) in [5.41, 5.74) is 3.38. The topological polar surface area (TPSA) is 0 Å². The van der Waals surface area contributed by atoms with Crippen LogP contribution in [0.3, 0.4) is 0 Å². The van der Waals surface area contributed by atoms with Crippen molar-refractivity contribution < 1.29 is 8.78 Å². The van der Waals surface area contributed by atoms with Gasteiger partial charge in [0.05, 0.1) is 4.83 Å². The van der Waals surface area contributed by atoms with Crippen LogP contribution in [0, 0.1) is 32.4 Å². The Hall–Kier alpha value is -0.740. The molecule has 1 unspecified atom stereocenters. The normalized spacial score (nSPS) is 12.6. The summed E-state index contributed by atoms with van der Waals surface area (Å²) in [7, 11) is 0. The molecule has 0 spiro atoms. The highest BCUT2D eigenvalue weighted by Crippen LogP contribution is 2.38. The zero-order valence-corrected chi connectivity index (χ0v) is 14.6. The van der Waals surface area contributed by atoms with E-state index in [9.17, 15) is 8.78 Å². The molecule has 0 aliphatic heterocycles. The first-order valence-corrected chi connectivity index (χ1v) is 7.89. The molecule has 2 aromatic carbocycles. The van der Waals surface area contributed by atoms with Crippen LogP contribution >= 0.6 is 31.9 Å². The van der Waals surface area contributed by atoms with Crippen molar-refractivity contribution in [2.75, 3.05) is 0 Å². The molecule has 0 fully saturated rings. The Bertz CT molecular complexity index is 666. The molecular weight excluding hydrogens is 390 g/mol. The van der Waals surface area contributed by atoms with E-state index in [2.05, 4.69) is 31.9 Å². The second-order valence-corrected chi connectivity index (χ2v) is 6.68. The largest absolute Gasteiger partial charge is 0.207 e. The summed E-state index contributed by atoms with van der Waals surface area (Å²) >= 11 is 6.91. The quantitative estimate of drug-likeness (QED) is 0.528. The molecule has 106 valence electrons. The van der Waals surface area contributed by atoms with Crippen molar-refractivity contribution in [3.05, 3.63) is 68.2 Å². The summed E-state index contributed by atoms with van der Waals surface area (Å²) in [6, 6.07) is 6.67. The van der Waals surface area contributed by atoms with Gasteiger partial charge in [-0.1, -0.05) is 44.0 Å². The third-order valence-electron chi connectivity index (χ3n) is 3.39. The third kappa shape index (κ3) is 2.82. The maximum Gasteiger partial charge on any atom is 0.133 e. The van der Waals surface area contributed by atoms with Crippen LogP contribution < -0.4 is 0 Å². The van der Waals surface area contributed by atoms with Gasteiger partial charge >= 0.3 is 0 Å². The van der Waals surface area contributed by atoms with E-state index in [1.807, 2.05) is 26.0 Å². The van der Waals surface area contributed by atoms with Crippen LogP contribution in [0.25, 0.3) is 0 Å². The fourth-order valence-corrected chi connectivity index (χ4v) is 3.51. The van der Waals surface area contributed by atoms with Gasteiger partial charge in [0, 0.05) is 10.0 Å². The van der Waals surface area contributed by atoms with Crippen molar-refractivity contribution in [2.45, 2.75) is 25.6 Å². The highest BCUT2D eigenvalue weighted by molar-refractivity contribution is 9.10. The first-order valence-electron chi connectivity index (χ1n) is 6.18. The van der Waals surface area contributed by atoms with Crippen LogP contribution in [-0.2, 0) is 0 Å². The number of benzene rings is 2. The smallest absolute Gasteiger partial charge is 0.133 e. The van der Waals surface area contributed by atoms with Crippen molar-refractivity contribution in [1.29, 1.82) is 0 Å². The number of rotatable bonds is 2. The Morgan fingerprint density at radius 1 is 0.950 bits per heavy atom. The van der Waals surface area contributed by atoms with Crippen LogP contribution in [0.15, 0.2) is 28.7 Å². The fourth-order valence-electron chi connectivity index (χ4n) is 2.14. The number of hydrogen-bond donors (Lipinski definition) is 0. The lowest BCUT2D eigenvalue weighted by atomic mass is 9.96. The van der Waals surface area contributed by atoms with Gasteiger partial charge in [-0.3, -0.25) is 0 Å². The Kier molecular flexibility index (Phi) is 4.65.